The topological polar surface area (TPSA) is 41.6 Å². The summed E-state index contributed by atoms with van der Waals surface area (Å²) in [5.41, 5.74) is 1.05. The zero-order valence-corrected chi connectivity index (χ0v) is 12.5. The summed E-state index contributed by atoms with van der Waals surface area (Å²) in [5.74, 6) is 1.09. The van der Waals surface area contributed by atoms with Crippen LogP contribution in [0.4, 0.5) is 5.69 Å². The summed E-state index contributed by atoms with van der Waals surface area (Å²) >= 11 is 1.82. The van der Waals surface area contributed by atoms with Gasteiger partial charge in [0.2, 0.25) is 5.91 Å². The van der Waals surface area contributed by atoms with Crippen molar-refractivity contribution in [3.63, 3.8) is 0 Å². The number of nitrogens with one attached hydrogen (secondary N) is 1. The van der Waals surface area contributed by atoms with Crippen molar-refractivity contribution in [2.24, 2.45) is 5.92 Å². The lowest BCUT2D eigenvalue weighted by molar-refractivity contribution is -0.122. The summed E-state index contributed by atoms with van der Waals surface area (Å²) in [7, 11) is 0. The van der Waals surface area contributed by atoms with E-state index >= 15 is 0 Å². The van der Waals surface area contributed by atoms with Gasteiger partial charge < -0.3 is 15.0 Å². The van der Waals surface area contributed by atoms with Gasteiger partial charge in [0.15, 0.2) is 0 Å². The normalized spacial score (nSPS) is 25.6. The number of nitrogens with zero attached hydrogens (tertiary/aromatic N) is 1. The molecule has 1 aromatic carbocycles. The zero-order valence-electron chi connectivity index (χ0n) is 11.7. The molecule has 1 amide bonds. The molecule has 0 bridgehead atoms. The molecule has 0 radical (unpaired) electrons. The van der Waals surface area contributed by atoms with Crippen molar-refractivity contribution >= 4 is 23.4 Å². The molecule has 2 aliphatic heterocycles. The Kier molecular flexibility index (Phi) is 4.29. The fourth-order valence-electron chi connectivity index (χ4n) is 2.86. The minimum atomic E-state index is -0.0638. The molecular weight excluding hydrogens is 272 g/mol. The molecule has 0 aromatic heterocycles. The number of ether oxygens (including phenoxy) is 1. The Morgan fingerprint density at radius 3 is 3.15 bits per heavy atom. The Bertz CT molecular complexity index is 495. The maximum absolute atomic E-state index is 12.8. The number of amides is 1. The van der Waals surface area contributed by atoms with Gasteiger partial charge >= 0.3 is 0 Å². The SMILES string of the molecule is CCNC1COCC1C(=O)N1CCSc2ccccc21. The van der Waals surface area contributed by atoms with E-state index in [2.05, 4.69) is 18.3 Å². The highest BCUT2D eigenvalue weighted by Crippen LogP contribution is 2.35. The van der Waals surface area contributed by atoms with Crippen molar-refractivity contribution in [2.45, 2.75) is 17.9 Å². The maximum Gasteiger partial charge on any atom is 0.234 e. The summed E-state index contributed by atoms with van der Waals surface area (Å²) in [5, 5.41) is 3.36. The Morgan fingerprint density at radius 1 is 1.45 bits per heavy atom. The lowest BCUT2D eigenvalue weighted by Gasteiger charge is -2.32. The molecule has 1 aromatic rings. The molecular formula is C15H20N2O2S. The van der Waals surface area contributed by atoms with E-state index in [1.54, 1.807) is 0 Å². The van der Waals surface area contributed by atoms with Gasteiger partial charge in [0, 0.05) is 23.2 Å². The van der Waals surface area contributed by atoms with Crippen molar-refractivity contribution in [1.82, 2.24) is 5.32 Å². The van der Waals surface area contributed by atoms with Gasteiger partial charge in [-0.25, -0.2) is 0 Å². The minimum Gasteiger partial charge on any atom is -0.379 e. The van der Waals surface area contributed by atoms with Crippen LogP contribution in [0.1, 0.15) is 6.92 Å². The number of hydrogen-bond donors (Lipinski definition) is 1. The Labute approximate surface area is 123 Å². The monoisotopic (exact) mass is 292 g/mol. The zero-order chi connectivity index (χ0) is 13.9. The van der Waals surface area contributed by atoms with E-state index in [-0.39, 0.29) is 17.9 Å². The third-order valence-corrected chi connectivity index (χ3v) is 4.90. The highest BCUT2D eigenvalue weighted by molar-refractivity contribution is 7.99. The number of benzene rings is 1. The van der Waals surface area contributed by atoms with Crippen LogP contribution in [0.2, 0.25) is 0 Å². The largest absolute Gasteiger partial charge is 0.379 e. The van der Waals surface area contributed by atoms with E-state index in [0.717, 1.165) is 24.5 Å². The number of hydrogen-bond acceptors (Lipinski definition) is 4. The number of fused-ring (bicyclic) bond motifs is 1. The van der Waals surface area contributed by atoms with Crippen molar-refractivity contribution in [2.75, 3.05) is 37.0 Å². The number of carbonyl (C=O) groups excluding carboxylic acids is 1. The molecule has 20 heavy (non-hydrogen) atoms. The highest BCUT2D eigenvalue weighted by atomic mass is 32.2. The first-order valence-corrected chi connectivity index (χ1v) is 8.14. The second-order valence-corrected chi connectivity index (χ2v) is 6.25. The third kappa shape index (κ3) is 2.57. The molecule has 1 N–H and O–H groups in total. The Hall–Kier alpha value is -1.04. The van der Waals surface area contributed by atoms with Crippen LogP contribution >= 0.6 is 11.8 Å². The van der Waals surface area contributed by atoms with Gasteiger partial charge in [0.05, 0.1) is 24.8 Å². The highest BCUT2D eigenvalue weighted by Gasteiger charge is 2.37. The van der Waals surface area contributed by atoms with Gasteiger partial charge in [0.1, 0.15) is 0 Å². The van der Waals surface area contributed by atoms with Crippen LogP contribution in [0.15, 0.2) is 29.2 Å². The minimum absolute atomic E-state index is 0.0638. The Balaban J connectivity index is 1.81. The van der Waals surface area contributed by atoms with Crippen LogP contribution < -0.4 is 10.2 Å². The predicted octanol–water partition coefficient (Wildman–Crippen LogP) is 1.75. The maximum atomic E-state index is 12.8. The van der Waals surface area contributed by atoms with Gasteiger partial charge in [-0.3, -0.25) is 4.79 Å². The van der Waals surface area contributed by atoms with E-state index in [4.69, 9.17) is 4.74 Å². The summed E-state index contributed by atoms with van der Waals surface area (Å²) in [4.78, 5) is 16.0. The van der Waals surface area contributed by atoms with Gasteiger partial charge in [-0.2, -0.15) is 0 Å². The summed E-state index contributed by atoms with van der Waals surface area (Å²) in [6.45, 7) is 4.88. The van der Waals surface area contributed by atoms with Crippen molar-refractivity contribution in [1.29, 1.82) is 0 Å². The van der Waals surface area contributed by atoms with Crippen LogP contribution in [-0.2, 0) is 9.53 Å². The van der Waals surface area contributed by atoms with Gasteiger partial charge in [0.25, 0.3) is 0 Å². The van der Waals surface area contributed by atoms with E-state index in [9.17, 15) is 4.79 Å². The predicted molar refractivity (Wildman–Crippen MR) is 81.3 cm³/mol. The van der Waals surface area contributed by atoms with Crippen molar-refractivity contribution in [3.8, 4) is 0 Å². The quantitative estimate of drug-likeness (QED) is 0.921. The van der Waals surface area contributed by atoms with Crippen LogP contribution in [0, 0.1) is 5.92 Å². The van der Waals surface area contributed by atoms with Crippen LogP contribution in [-0.4, -0.2) is 44.0 Å². The number of likely N-dealkylation sites (N-methyl/N-ethyl adjacent to an activating group) is 1. The molecule has 1 fully saturated rings. The number of thioether (sulfide) groups is 1. The lowest BCUT2D eigenvalue weighted by atomic mass is 10.0. The first-order chi connectivity index (χ1) is 9.81. The van der Waals surface area contributed by atoms with E-state index in [1.807, 2.05) is 34.9 Å². The number of para-hydroxylation sites is 1. The van der Waals surface area contributed by atoms with Gasteiger partial charge in [-0.15, -0.1) is 11.8 Å². The number of carbonyl (C=O) groups is 1. The first kappa shape index (κ1) is 13.9. The van der Waals surface area contributed by atoms with E-state index < -0.39 is 0 Å². The molecule has 2 heterocycles. The van der Waals surface area contributed by atoms with E-state index in [0.29, 0.717) is 13.2 Å². The molecule has 0 spiro atoms. The molecule has 2 unspecified atom stereocenters. The molecule has 2 atom stereocenters. The van der Waals surface area contributed by atoms with Crippen molar-refractivity contribution in [3.05, 3.63) is 24.3 Å². The number of anilines is 1. The Morgan fingerprint density at radius 2 is 2.30 bits per heavy atom. The summed E-state index contributed by atoms with van der Waals surface area (Å²) in [6.07, 6.45) is 0. The smallest absolute Gasteiger partial charge is 0.234 e. The van der Waals surface area contributed by atoms with Crippen LogP contribution in [0.3, 0.4) is 0 Å². The second kappa shape index (κ2) is 6.16. The molecule has 0 aliphatic carbocycles. The summed E-state index contributed by atoms with van der Waals surface area (Å²) in [6, 6.07) is 8.30. The molecule has 1 saturated heterocycles. The van der Waals surface area contributed by atoms with Gasteiger partial charge in [-0.05, 0) is 18.7 Å². The molecule has 5 heteroatoms. The molecule has 108 valence electrons. The molecule has 2 aliphatic rings. The second-order valence-electron chi connectivity index (χ2n) is 5.11. The molecule has 4 nitrogen and oxygen atoms in total. The lowest BCUT2D eigenvalue weighted by Crippen LogP contribution is -2.47. The van der Waals surface area contributed by atoms with E-state index in [1.165, 1.54) is 4.90 Å². The standard InChI is InChI=1S/C15H20N2O2S/c1-2-16-12-10-19-9-11(12)15(18)17-7-8-20-14-6-4-3-5-13(14)17/h3-6,11-12,16H,2,7-10H2,1H3. The molecule has 3 rings (SSSR count). The average Bonchev–Trinajstić information content (AvgIpc) is 2.94. The van der Waals surface area contributed by atoms with Crippen molar-refractivity contribution < 1.29 is 9.53 Å². The fourth-order valence-corrected chi connectivity index (χ4v) is 3.85. The average molecular weight is 292 g/mol. The fraction of sp³-hybridized carbons (Fsp3) is 0.533. The van der Waals surface area contributed by atoms with Crippen LogP contribution in [0.5, 0.6) is 0 Å². The summed E-state index contributed by atoms with van der Waals surface area (Å²) < 4.78 is 5.51. The third-order valence-electron chi connectivity index (χ3n) is 3.86. The first-order valence-electron chi connectivity index (χ1n) is 7.15. The van der Waals surface area contributed by atoms with Gasteiger partial charge in [-0.1, -0.05) is 19.1 Å². The van der Waals surface area contributed by atoms with Crippen LogP contribution in [0.25, 0.3) is 0 Å². The number of rotatable bonds is 3. The molecule has 0 saturated carbocycles.